The number of amides is 2. The first-order chi connectivity index (χ1) is 8.90. The lowest BCUT2D eigenvalue weighted by Gasteiger charge is -2.16. The number of nitro groups is 1. The van der Waals surface area contributed by atoms with Gasteiger partial charge in [-0.2, -0.15) is 0 Å². The Kier molecular flexibility index (Phi) is 3.16. The first kappa shape index (κ1) is 12.9. The van der Waals surface area contributed by atoms with Crippen LogP contribution in [0.25, 0.3) is 0 Å². The molecule has 1 atom stereocenters. The molecule has 0 spiro atoms. The van der Waals surface area contributed by atoms with Crippen LogP contribution in [0, 0.1) is 23.0 Å². The molecule has 1 fully saturated rings. The van der Waals surface area contributed by atoms with E-state index in [1.54, 1.807) is 6.92 Å². The highest BCUT2D eigenvalue weighted by Crippen LogP contribution is 2.27. The highest BCUT2D eigenvalue weighted by Gasteiger charge is 2.35. The third-order valence-corrected chi connectivity index (χ3v) is 3.03. The fourth-order valence-corrected chi connectivity index (χ4v) is 2.04. The van der Waals surface area contributed by atoms with Crippen molar-refractivity contribution in [2.45, 2.75) is 13.3 Å². The predicted molar refractivity (Wildman–Crippen MR) is 65.3 cm³/mol. The van der Waals surface area contributed by atoms with E-state index in [0.29, 0.717) is 11.4 Å². The van der Waals surface area contributed by atoms with Gasteiger partial charge in [0.2, 0.25) is 11.8 Å². The molecule has 1 saturated heterocycles. The second-order valence-electron chi connectivity index (χ2n) is 4.40. The largest absolute Gasteiger partial charge is 0.369 e. The van der Waals surface area contributed by atoms with Crippen molar-refractivity contribution < 1.29 is 14.5 Å². The maximum atomic E-state index is 11.8. The molecule has 1 unspecified atom stereocenters. The molecule has 19 heavy (non-hydrogen) atoms. The zero-order chi connectivity index (χ0) is 14.2. The highest BCUT2D eigenvalue weighted by atomic mass is 16.6. The number of rotatable bonds is 3. The van der Waals surface area contributed by atoms with Crippen LogP contribution in [0.2, 0.25) is 0 Å². The van der Waals surface area contributed by atoms with Gasteiger partial charge in [0.05, 0.1) is 10.8 Å². The summed E-state index contributed by atoms with van der Waals surface area (Å²) in [6, 6.07) is 1.34. The van der Waals surface area contributed by atoms with Crippen LogP contribution in [0.5, 0.6) is 0 Å². The molecule has 8 nitrogen and oxygen atoms in total. The summed E-state index contributed by atoms with van der Waals surface area (Å²) in [6.45, 7) is 1.79. The lowest BCUT2D eigenvalue weighted by atomic mass is 10.1. The van der Waals surface area contributed by atoms with Crippen molar-refractivity contribution in [1.29, 1.82) is 0 Å². The lowest BCUT2D eigenvalue weighted by molar-refractivity contribution is -0.385. The fraction of sp³-hybridized carbons (Fsp3) is 0.364. The van der Waals surface area contributed by atoms with E-state index in [4.69, 9.17) is 5.73 Å². The minimum absolute atomic E-state index is 0.0490. The topological polar surface area (TPSA) is 119 Å². The third-order valence-electron chi connectivity index (χ3n) is 3.03. The Bertz CT molecular complexity index is 572. The molecule has 1 aliphatic heterocycles. The standard InChI is InChI=1S/C11H12N4O4/c1-6-2-8(15(18)19)4-13-11(6)14-5-7(10(12)17)3-9(14)16/h2,4,7H,3,5H2,1H3,(H2,12,17). The molecule has 0 saturated carbocycles. The van der Waals surface area contributed by atoms with E-state index >= 15 is 0 Å². The Balaban J connectivity index is 2.30. The third kappa shape index (κ3) is 2.37. The van der Waals surface area contributed by atoms with Gasteiger partial charge in [-0.25, -0.2) is 4.98 Å². The van der Waals surface area contributed by atoms with E-state index in [1.807, 2.05) is 0 Å². The SMILES string of the molecule is Cc1cc([N+](=O)[O-])cnc1N1CC(C(N)=O)CC1=O. The van der Waals surface area contributed by atoms with Gasteiger partial charge in [-0.15, -0.1) is 0 Å². The zero-order valence-electron chi connectivity index (χ0n) is 10.2. The number of hydrogen-bond donors (Lipinski definition) is 1. The van der Waals surface area contributed by atoms with E-state index in [-0.39, 0.29) is 24.6 Å². The maximum absolute atomic E-state index is 11.8. The maximum Gasteiger partial charge on any atom is 0.287 e. The summed E-state index contributed by atoms with van der Waals surface area (Å²) in [5, 5.41) is 10.6. The minimum atomic E-state index is -0.554. The first-order valence-corrected chi connectivity index (χ1v) is 5.61. The van der Waals surface area contributed by atoms with Crippen molar-refractivity contribution in [3.63, 3.8) is 0 Å². The van der Waals surface area contributed by atoms with Crippen molar-refractivity contribution in [3.05, 3.63) is 27.9 Å². The number of nitrogens with zero attached hydrogens (tertiary/aromatic N) is 3. The molecule has 0 radical (unpaired) electrons. The Hall–Kier alpha value is -2.51. The smallest absolute Gasteiger partial charge is 0.287 e. The van der Waals surface area contributed by atoms with Crippen molar-refractivity contribution >= 4 is 23.3 Å². The Morgan fingerprint density at radius 2 is 2.32 bits per heavy atom. The van der Waals surface area contributed by atoms with Crippen LogP contribution in [0.4, 0.5) is 11.5 Å². The summed E-state index contributed by atoms with van der Waals surface area (Å²) in [6.07, 6.45) is 1.14. The average molecular weight is 264 g/mol. The molecule has 1 aromatic heterocycles. The first-order valence-electron chi connectivity index (χ1n) is 5.61. The van der Waals surface area contributed by atoms with Crippen molar-refractivity contribution in [2.24, 2.45) is 11.7 Å². The summed E-state index contributed by atoms with van der Waals surface area (Å²) in [7, 11) is 0. The summed E-state index contributed by atoms with van der Waals surface area (Å²) in [5.41, 5.74) is 5.54. The number of anilines is 1. The molecular weight excluding hydrogens is 252 g/mol. The lowest BCUT2D eigenvalue weighted by Crippen LogP contribution is -2.29. The number of aromatic nitrogens is 1. The quantitative estimate of drug-likeness (QED) is 0.614. The van der Waals surface area contributed by atoms with Crippen LogP contribution < -0.4 is 10.6 Å². The van der Waals surface area contributed by atoms with E-state index in [1.165, 1.54) is 11.0 Å². The van der Waals surface area contributed by atoms with Crippen molar-refractivity contribution in [1.82, 2.24) is 4.98 Å². The Morgan fingerprint density at radius 3 is 2.79 bits per heavy atom. The van der Waals surface area contributed by atoms with E-state index in [9.17, 15) is 19.7 Å². The Labute approximate surface area is 108 Å². The van der Waals surface area contributed by atoms with Gasteiger partial charge in [-0.1, -0.05) is 0 Å². The summed E-state index contributed by atoms with van der Waals surface area (Å²) < 4.78 is 0. The normalized spacial score (nSPS) is 18.7. The number of pyridine rings is 1. The van der Waals surface area contributed by atoms with E-state index in [2.05, 4.69) is 4.98 Å². The van der Waals surface area contributed by atoms with Gasteiger partial charge in [0.1, 0.15) is 12.0 Å². The second-order valence-corrected chi connectivity index (χ2v) is 4.40. The van der Waals surface area contributed by atoms with Gasteiger partial charge >= 0.3 is 0 Å². The monoisotopic (exact) mass is 264 g/mol. The summed E-state index contributed by atoms with van der Waals surface area (Å²) >= 11 is 0. The molecule has 0 aliphatic carbocycles. The molecule has 1 aliphatic rings. The molecule has 2 amide bonds. The summed E-state index contributed by atoms with van der Waals surface area (Å²) in [5.74, 6) is -0.994. The van der Waals surface area contributed by atoms with E-state index in [0.717, 1.165) is 6.20 Å². The number of aryl methyl sites for hydroxylation is 1. The molecule has 100 valence electrons. The minimum Gasteiger partial charge on any atom is -0.369 e. The van der Waals surface area contributed by atoms with Crippen molar-refractivity contribution in [3.8, 4) is 0 Å². The number of carbonyl (C=O) groups excluding carboxylic acids is 2. The number of nitrogens with two attached hydrogens (primary N) is 1. The molecule has 2 heterocycles. The van der Waals surface area contributed by atoms with Gasteiger partial charge < -0.3 is 5.73 Å². The molecule has 8 heteroatoms. The molecular formula is C11H12N4O4. The van der Waals surface area contributed by atoms with Crippen LogP contribution in [-0.2, 0) is 9.59 Å². The fourth-order valence-electron chi connectivity index (χ4n) is 2.04. The molecule has 0 aromatic carbocycles. The average Bonchev–Trinajstić information content (AvgIpc) is 2.71. The van der Waals surface area contributed by atoms with Gasteiger partial charge in [0, 0.05) is 19.0 Å². The molecule has 0 bridgehead atoms. The number of primary amides is 1. The molecule has 2 rings (SSSR count). The number of hydrogen-bond acceptors (Lipinski definition) is 5. The zero-order valence-corrected chi connectivity index (χ0v) is 10.2. The Morgan fingerprint density at radius 1 is 1.63 bits per heavy atom. The van der Waals surface area contributed by atoms with E-state index < -0.39 is 16.7 Å². The van der Waals surface area contributed by atoms with Crippen LogP contribution in [0.1, 0.15) is 12.0 Å². The highest BCUT2D eigenvalue weighted by molar-refractivity contribution is 5.99. The molecule has 2 N–H and O–H groups in total. The van der Waals surface area contributed by atoms with Gasteiger partial charge in [-0.05, 0) is 12.5 Å². The van der Waals surface area contributed by atoms with Crippen LogP contribution in [0.3, 0.4) is 0 Å². The van der Waals surface area contributed by atoms with Crippen molar-refractivity contribution in [2.75, 3.05) is 11.4 Å². The number of carbonyl (C=O) groups is 2. The predicted octanol–water partition coefficient (Wildman–Crippen LogP) is 0.136. The van der Waals surface area contributed by atoms with Gasteiger partial charge in [0.25, 0.3) is 5.69 Å². The van der Waals surface area contributed by atoms with Gasteiger partial charge in [-0.3, -0.25) is 24.6 Å². The van der Waals surface area contributed by atoms with Gasteiger partial charge in [0.15, 0.2) is 0 Å². The van der Waals surface area contributed by atoms with Crippen LogP contribution in [0.15, 0.2) is 12.3 Å². The van der Waals surface area contributed by atoms with Crippen LogP contribution >= 0.6 is 0 Å². The summed E-state index contributed by atoms with van der Waals surface area (Å²) in [4.78, 5) is 38.2. The molecule has 1 aromatic rings. The van der Waals surface area contributed by atoms with Crippen LogP contribution in [-0.4, -0.2) is 28.3 Å². The second kappa shape index (κ2) is 4.63.